The second kappa shape index (κ2) is 60.8. The third-order valence-electron chi connectivity index (χ3n) is 15.5. The molecular formula is C71H133N2O7P. The van der Waals surface area contributed by atoms with Crippen molar-refractivity contribution >= 4 is 19.7 Å². The summed E-state index contributed by atoms with van der Waals surface area (Å²) in [6, 6.07) is -0.905. The van der Waals surface area contributed by atoms with Crippen molar-refractivity contribution in [3.05, 3.63) is 60.8 Å². The van der Waals surface area contributed by atoms with Crippen LogP contribution in [0.4, 0.5) is 0 Å². The number of phosphoric ester groups is 1. The van der Waals surface area contributed by atoms with Crippen molar-refractivity contribution in [2.75, 3.05) is 40.9 Å². The summed E-state index contributed by atoms with van der Waals surface area (Å²) in [5.41, 5.74) is 0. The van der Waals surface area contributed by atoms with Crippen molar-refractivity contribution in [1.29, 1.82) is 0 Å². The molecule has 9 nitrogen and oxygen atoms in total. The summed E-state index contributed by atoms with van der Waals surface area (Å²) in [5, 5.41) is 3.02. The standard InChI is InChI=1S/C71H133N2O7P/c1-7-10-13-16-19-22-25-28-30-32-34-35-36-37-39-41-43-46-49-52-55-58-61-64-71(75)80-69(62-59-56-53-50-47-44-27-24-21-18-15-12-9-3)68(67-79-81(76,77)78-66-65-73(4,5)6)72-70(74)63-60-57-54-51-48-45-42-40-38-33-31-29-26-23-20-17-14-11-8-2/h20,23,29,31,38,40,45,48,59,62,68-69H,7-19,21-22,24-28,30,32-37,39,41-44,46-47,49-58,60-61,63-67H2,1-6H3,(H-,72,74,76,77)/b23-20-,31-29-,40-38-,48-45-,62-59+. The van der Waals surface area contributed by atoms with Crippen LogP contribution in [0.15, 0.2) is 60.8 Å². The predicted molar refractivity (Wildman–Crippen MR) is 349 cm³/mol. The number of esters is 1. The highest BCUT2D eigenvalue weighted by Crippen LogP contribution is 2.38. The quantitative estimate of drug-likeness (QED) is 0.0212. The van der Waals surface area contributed by atoms with E-state index in [1.165, 1.54) is 212 Å². The molecule has 81 heavy (non-hydrogen) atoms. The van der Waals surface area contributed by atoms with Crippen LogP contribution in [0.3, 0.4) is 0 Å². The molecule has 0 spiro atoms. The van der Waals surface area contributed by atoms with Gasteiger partial charge in [-0.2, -0.15) is 0 Å². The molecule has 0 aliphatic heterocycles. The first-order valence-corrected chi connectivity index (χ1v) is 36.1. The Hall–Kier alpha value is -2.29. The molecule has 0 aromatic heterocycles. The lowest BCUT2D eigenvalue weighted by atomic mass is 10.0. The number of amides is 1. The Morgan fingerprint density at radius 2 is 0.753 bits per heavy atom. The normalized spacial score (nSPS) is 13.9. The molecule has 3 unspecified atom stereocenters. The van der Waals surface area contributed by atoms with Gasteiger partial charge in [-0.1, -0.05) is 300 Å². The SMILES string of the molecule is CCCCC/C=C\C/C=C\C/C=C\C/C=C\CCCCCC(=O)NC(COP(=O)([O-])OCC[N+](C)(C)C)C(/C=C/CCCCCCCCCCCCC)OC(=O)CCCCCCCCCCCCCCCCCCCCCCCCC. The number of hydrogen-bond donors (Lipinski definition) is 1. The molecule has 0 heterocycles. The summed E-state index contributed by atoms with van der Waals surface area (Å²) in [4.78, 5) is 40.1. The van der Waals surface area contributed by atoms with Gasteiger partial charge in [0.25, 0.3) is 7.82 Å². The smallest absolute Gasteiger partial charge is 0.306 e. The van der Waals surface area contributed by atoms with Crippen molar-refractivity contribution in [3.8, 4) is 0 Å². The van der Waals surface area contributed by atoms with Gasteiger partial charge in [-0.05, 0) is 76.7 Å². The highest BCUT2D eigenvalue weighted by atomic mass is 31.2. The molecule has 0 aliphatic carbocycles. The topological polar surface area (TPSA) is 114 Å². The second-order valence-electron chi connectivity index (χ2n) is 24.7. The summed E-state index contributed by atoms with van der Waals surface area (Å²) in [7, 11) is 1.17. The fraction of sp³-hybridized carbons (Fsp3) is 0.831. The number of nitrogens with one attached hydrogen (secondary N) is 1. The lowest BCUT2D eigenvalue weighted by molar-refractivity contribution is -0.870. The number of nitrogens with zero attached hydrogens (tertiary/aromatic N) is 1. The number of unbranched alkanes of at least 4 members (excludes halogenated alkanes) is 39. The molecule has 3 atom stereocenters. The van der Waals surface area contributed by atoms with E-state index in [0.29, 0.717) is 17.4 Å². The molecule has 0 aromatic carbocycles. The van der Waals surface area contributed by atoms with Crippen molar-refractivity contribution < 1.29 is 37.3 Å². The maximum Gasteiger partial charge on any atom is 0.306 e. The van der Waals surface area contributed by atoms with Gasteiger partial charge in [-0.3, -0.25) is 14.2 Å². The molecule has 0 radical (unpaired) electrons. The summed E-state index contributed by atoms with van der Waals surface area (Å²) >= 11 is 0. The summed E-state index contributed by atoms with van der Waals surface area (Å²) in [6.45, 7) is 6.83. The number of phosphoric acid groups is 1. The Morgan fingerprint density at radius 3 is 1.16 bits per heavy atom. The zero-order chi connectivity index (χ0) is 59.3. The Balaban J connectivity index is 5.18. The number of carbonyl (C=O) groups is 2. The number of quaternary nitrogens is 1. The highest BCUT2D eigenvalue weighted by Gasteiger charge is 2.27. The molecule has 0 bridgehead atoms. The molecular weight excluding hydrogens is 1020 g/mol. The first-order valence-electron chi connectivity index (χ1n) is 34.6. The third kappa shape index (κ3) is 62.1. The average molecular weight is 1160 g/mol. The molecule has 1 N–H and O–H groups in total. The van der Waals surface area contributed by atoms with Gasteiger partial charge in [-0.25, -0.2) is 0 Å². The van der Waals surface area contributed by atoms with Gasteiger partial charge in [0.15, 0.2) is 0 Å². The number of carbonyl (C=O) groups excluding carboxylic acids is 2. The van der Waals surface area contributed by atoms with Crippen LogP contribution in [-0.4, -0.2) is 69.4 Å². The first kappa shape index (κ1) is 78.7. The first-order chi connectivity index (χ1) is 39.4. The van der Waals surface area contributed by atoms with Gasteiger partial charge in [0.05, 0.1) is 33.8 Å². The third-order valence-corrected chi connectivity index (χ3v) is 16.4. The zero-order valence-corrected chi connectivity index (χ0v) is 55.1. The maximum atomic E-state index is 13.6. The van der Waals surface area contributed by atoms with Crippen LogP contribution < -0.4 is 10.2 Å². The Labute approximate surface area is 502 Å². The van der Waals surface area contributed by atoms with Crippen molar-refractivity contribution in [3.63, 3.8) is 0 Å². The Kier molecular flexibility index (Phi) is 59.1. The summed E-state index contributed by atoms with van der Waals surface area (Å²) in [6.07, 6.45) is 77.7. The highest BCUT2D eigenvalue weighted by molar-refractivity contribution is 7.45. The van der Waals surface area contributed by atoms with Crippen LogP contribution in [0.5, 0.6) is 0 Å². The Morgan fingerprint density at radius 1 is 0.432 bits per heavy atom. The van der Waals surface area contributed by atoms with E-state index in [9.17, 15) is 19.0 Å². The fourth-order valence-electron chi connectivity index (χ4n) is 10.1. The van der Waals surface area contributed by atoms with E-state index in [1.54, 1.807) is 0 Å². The molecule has 10 heteroatoms. The second-order valence-corrected chi connectivity index (χ2v) is 26.1. The van der Waals surface area contributed by atoms with Crippen LogP contribution in [0.25, 0.3) is 0 Å². The minimum atomic E-state index is -4.71. The largest absolute Gasteiger partial charge is 0.756 e. The molecule has 0 saturated heterocycles. The number of rotatable bonds is 63. The number of likely N-dealkylation sites (N-methyl/N-ethyl adjacent to an activating group) is 1. The molecule has 0 saturated carbocycles. The molecule has 1 amide bonds. The lowest BCUT2D eigenvalue weighted by Crippen LogP contribution is -2.47. The van der Waals surface area contributed by atoms with E-state index in [-0.39, 0.29) is 31.3 Å². The van der Waals surface area contributed by atoms with Crippen molar-refractivity contribution in [2.24, 2.45) is 0 Å². The molecule has 474 valence electrons. The van der Waals surface area contributed by atoms with Gasteiger partial charge < -0.3 is 28.5 Å². The minimum Gasteiger partial charge on any atom is -0.756 e. The van der Waals surface area contributed by atoms with Crippen molar-refractivity contribution in [1.82, 2.24) is 5.32 Å². The molecule has 0 rings (SSSR count). The predicted octanol–water partition coefficient (Wildman–Crippen LogP) is 21.2. The molecule has 0 aliphatic rings. The van der Waals surface area contributed by atoms with E-state index in [4.69, 9.17) is 13.8 Å². The van der Waals surface area contributed by atoms with Crippen LogP contribution >= 0.6 is 7.82 Å². The van der Waals surface area contributed by atoms with Gasteiger partial charge in [-0.15, -0.1) is 0 Å². The zero-order valence-electron chi connectivity index (χ0n) is 54.2. The van der Waals surface area contributed by atoms with Crippen LogP contribution in [0.2, 0.25) is 0 Å². The van der Waals surface area contributed by atoms with E-state index >= 15 is 0 Å². The van der Waals surface area contributed by atoms with E-state index in [1.807, 2.05) is 33.3 Å². The monoisotopic (exact) mass is 1160 g/mol. The lowest BCUT2D eigenvalue weighted by Gasteiger charge is -2.30. The molecule has 0 aromatic rings. The van der Waals surface area contributed by atoms with E-state index < -0.39 is 26.6 Å². The Bertz CT molecular complexity index is 1570. The van der Waals surface area contributed by atoms with Gasteiger partial charge in [0, 0.05) is 12.8 Å². The van der Waals surface area contributed by atoms with Gasteiger partial charge in [0.1, 0.15) is 19.3 Å². The van der Waals surface area contributed by atoms with Crippen molar-refractivity contribution in [2.45, 2.75) is 341 Å². The average Bonchev–Trinajstić information content (AvgIpc) is 3.44. The fourth-order valence-corrected chi connectivity index (χ4v) is 10.8. The maximum absolute atomic E-state index is 13.6. The number of hydrogen-bond acceptors (Lipinski definition) is 7. The van der Waals surface area contributed by atoms with Crippen LogP contribution in [-0.2, 0) is 27.9 Å². The van der Waals surface area contributed by atoms with Crippen LogP contribution in [0.1, 0.15) is 329 Å². The number of ether oxygens (including phenoxy) is 1. The summed E-state index contributed by atoms with van der Waals surface area (Å²) < 4.78 is 30.4. The number of allylic oxidation sites excluding steroid dienone is 9. The van der Waals surface area contributed by atoms with Gasteiger partial charge in [0.2, 0.25) is 5.91 Å². The van der Waals surface area contributed by atoms with E-state index in [2.05, 4.69) is 74.7 Å². The summed E-state index contributed by atoms with van der Waals surface area (Å²) in [5.74, 6) is -0.564. The van der Waals surface area contributed by atoms with Gasteiger partial charge >= 0.3 is 5.97 Å². The van der Waals surface area contributed by atoms with E-state index in [0.717, 1.165) is 77.0 Å². The minimum absolute atomic E-state index is 0.0286. The van der Waals surface area contributed by atoms with Crippen LogP contribution in [0, 0.1) is 0 Å². The molecule has 0 fully saturated rings.